The Bertz CT molecular complexity index is 1440. The van der Waals surface area contributed by atoms with E-state index in [0.29, 0.717) is 13.2 Å². The van der Waals surface area contributed by atoms with Crippen molar-refractivity contribution >= 4 is 28.5 Å². The first-order chi connectivity index (χ1) is 18.5. The van der Waals surface area contributed by atoms with E-state index >= 15 is 0 Å². The molecule has 0 aliphatic carbocycles. The van der Waals surface area contributed by atoms with Gasteiger partial charge in [0.15, 0.2) is 5.78 Å². The lowest BCUT2D eigenvalue weighted by Crippen LogP contribution is -2.30. The Morgan fingerprint density at radius 3 is 2.24 bits per heavy atom. The van der Waals surface area contributed by atoms with Crippen LogP contribution in [0.15, 0.2) is 109 Å². The summed E-state index contributed by atoms with van der Waals surface area (Å²) in [4.78, 5) is 26.3. The number of allylic oxidation sites excluding steroid dienone is 3. The fourth-order valence-corrected chi connectivity index (χ4v) is 4.29. The van der Waals surface area contributed by atoms with Gasteiger partial charge in [0.05, 0.1) is 6.42 Å². The maximum absolute atomic E-state index is 13.2. The first-order valence-electron chi connectivity index (χ1n) is 12.8. The lowest BCUT2D eigenvalue weighted by atomic mass is 9.97. The van der Waals surface area contributed by atoms with Crippen molar-refractivity contribution in [3.8, 4) is 5.75 Å². The number of fused-ring (bicyclic) bond motifs is 1. The molecule has 4 aromatic rings. The number of amides is 1. The van der Waals surface area contributed by atoms with E-state index in [2.05, 4.69) is 18.2 Å². The molecule has 0 radical (unpaired) electrons. The summed E-state index contributed by atoms with van der Waals surface area (Å²) in [5.41, 5.74) is 4.18. The largest absolute Gasteiger partial charge is 0.488 e. The predicted molar refractivity (Wildman–Crippen MR) is 155 cm³/mol. The third-order valence-electron chi connectivity index (χ3n) is 6.38. The van der Waals surface area contributed by atoms with Crippen LogP contribution in [0.2, 0.25) is 0 Å². The second-order valence-corrected chi connectivity index (χ2v) is 9.36. The zero-order chi connectivity index (χ0) is 26.7. The van der Waals surface area contributed by atoms with Crippen molar-refractivity contribution in [2.45, 2.75) is 26.4 Å². The van der Waals surface area contributed by atoms with Crippen LogP contribution in [-0.2, 0) is 29.0 Å². The van der Waals surface area contributed by atoms with E-state index in [4.69, 9.17) is 4.74 Å². The van der Waals surface area contributed by atoms with Crippen molar-refractivity contribution in [1.82, 2.24) is 4.90 Å². The minimum absolute atomic E-state index is 0.00501. The summed E-state index contributed by atoms with van der Waals surface area (Å²) in [6, 6.07) is 30.4. The van der Waals surface area contributed by atoms with Gasteiger partial charge in [-0.05, 0) is 59.2 Å². The molecule has 0 unspecified atom stereocenters. The monoisotopic (exact) mass is 503 g/mol. The van der Waals surface area contributed by atoms with E-state index in [0.717, 1.165) is 39.6 Å². The van der Waals surface area contributed by atoms with Crippen LogP contribution >= 0.6 is 0 Å². The summed E-state index contributed by atoms with van der Waals surface area (Å²) in [6.45, 7) is 2.63. The summed E-state index contributed by atoms with van der Waals surface area (Å²) in [5, 5.41) is 1.95. The normalized spacial score (nSPS) is 11.3. The summed E-state index contributed by atoms with van der Waals surface area (Å²) in [7, 11) is 1.86. The summed E-state index contributed by atoms with van der Waals surface area (Å²) >= 11 is 0. The van der Waals surface area contributed by atoms with E-state index in [1.54, 1.807) is 11.0 Å². The van der Waals surface area contributed by atoms with Crippen LogP contribution in [0.25, 0.3) is 16.8 Å². The maximum atomic E-state index is 13.2. The number of carbonyl (C=O) groups excluding carboxylic acids is 2. The van der Waals surface area contributed by atoms with Crippen molar-refractivity contribution in [2.24, 2.45) is 0 Å². The van der Waals surface area contributed by atoms with Crippen LogP contribution in [-0.4, -0.2) is 30.2 Å². The lowest BCUT2D eigenvalue weighted by Gasteiger charge is -2.19. The molecule has 0 aliphatic rings. The highest BCUT2D eigenvalue weighted by molar-refractivity contribution is 5.95. The molecule has 0 saturated carbocycles. The van der Waals surface area contributed by atoms with Gasteiger partial charge in [-0.1, -0.05) is 97.1 Å². The molecular formula is C34H33NO3. The molecule has 4 aromatic carbocycles. The van der Waals surface area contributed by atoms with Gasteiger partial charge < -0.3 is 9.64 Å². The number of hydrogen-bond donors (Lipinski definition) is 0. The molecule has 1 amide bonds. The number of rotatable bonds is 11. The molecular weight excluding hydrogens is 470 g/mol. The third kappa shape index (κ3) is 7.53. The van der Waals surface area contributed by atoms with Crippen molar-refractivity contribution in [1.29, 1.82) is 0 Å². The van der Waals surface area contributed by atoms with E-state index in [9.17, 15) is 9.59 Å². The van der Waals surface area contributed by atoms with Gasteiger partial charge in [0.1, 0.15) is 12.4 Å². The lowest BCUT2D eigenvalue weighted by molar-refractivity contribution is -0.129. The first-order valence-corrected chi connectivity index (χ1v) is 12.8. The van der Waals surface area contributed by atoms with Crippen molar-refractivity contribution in [3.05, 3.63) is 131 Å². The maximum Gasteiger partial charge on any atom is 0.226 e. The second kappa shape index (κ2) is 13.2. The Morgan fingerprint density at radius 2 is 1.53 bits per heavy atom. The highest BCUT2D eigenvalue weighted by Gasteiger charge is 2.15. The molecule has 0 heterocycles. The topological polar surface area (TPSA) is 46.6 Å². The predicted octanol–water partition coefficient (Wildman–Crippen LogP) is 6.82. The Hall–Kier alpha value is -4.44. The fourth-order valence-electron chi connectivity index (χ4n) is 4.29. The molecule has 0 atom stereocenters. The van der Waals surface area contributed by atoms with Crippen molar-refractivity contribution in [3.63, 3.8) is 0 Å². The quantitative estimate of drug-likeness (QED) is 0.167. The van der Waals surface area contributed by atoms with Crippen LogP contribution in [0.5, 0.6) is 5.75 Å². The minimum Gasteiger partial charge on any atom is -0.488 e. The average Bonchev–Trinajstić information content (AvgIpc) is 2.94. The average molecular weight is 504 g/mol. The van der Waals surface area contributed by atoms with Gasteiger partial charge in [0.25, 0.3) is 0 Å². The van der Waals surface area contributed by atoms with Gasteiger partial charge in [-0.15, -0.1) is 0 Å². The van der Waals surface area contributed by atoms with Crippen LogP contribution in [0.3, 0.4) is 0 Å². The minimum atomic E-state index is -0.00501. The van der Waals surface area contributed by atoms with Crippen molar-refractivity contribution in [2.75, 3.05) is 13.6 Å². The van der Waals surface area contributed by atoms with Crippen LogP contribution in [0.1, 0.15) is 29.2 Å². The number of ketones is 1. The van der Waals surface area contributed by atoms with Gasteiger partial charge >= 0.3 is 0 Å². The van der Waals surface area contributed by atoms with E-state index in [1.165, 1.54) is 18.6 Å². The summed E-state index contributed by atoms with van der Waals surface area (Å²) in [6.07, 6.45) is 8.14. The molecule has 0 fully saturated rings. The first kappa shape index (κ1) is 26.6. The van der Waals surface area contributed by atoms with E-state index in [1.807, 2.05) is 92.0 Å². The Kier molecular flexibility index (Phi) is 9.25. The van der Waals surface area contributed by atoms with Gasteiger partial charge in [0, 0.05) is 19.0 Å². The molecule has 4 heteroatoms. The summed E-state index contributed by atoms with van der Waals surface area (Å²) < 4.78 is 6.23. The van der Waals surface area contributed by atoms with Gasteiger partial charge in [0.2, 0.25) is 5.91 Å². The molecule has 0 aliphatic heterocycles. The van der Waals surface area contributed by atoms with Gasteiger partial charge in [-0.2, -0.15) is 0 Å². The van der Waals surface area contributed by atoms with Crippen LogP contribution < -0.4 is 4.74 Å². The highest BCUT2D eigenvalue weighted by atomic mass is 16.5. The zero-order valence-electron chi connectivity index (χ0n) is 22.0. The molecule has 4 nitrogen and oxygen atoms in total. The number of benzene rings is 4. The zero-order valence-corrected chi connectivity index (χ0v) is 22.0. The molecule has 0 N–H and O–H groups in total. The highest BCUT2D eigenvalue weighted by Crippen LogP contribution is 2.31. The molecule has 0 spiro atoms. The van der Waals surface area contributed by atoms with Crippen molar-refractivity contribution < 1.29 is 14.3 Å². The standard InChI is InChI=1S/C34H33NO3/c1-26(36)12-9-10-17-29-22-30(24-34(37)35(2)21-20-27-13-5-3-6-14-27)31-18-11-19-33(32(31)23-29)38-25-28-15-7-4-8-16-28/h3-19,22-23H,20-21,24-25H2,1-2H3/b12-9+,17-10+. The number of carbonyl (C=O) groups is 2. The van der Waals surface area contributed by atoms with Crippen LogP contribution in [0.4, 0.5) is 0 Å². The Labute approximate surface area is 224 Å². The molecule has 192 valence electrons. The van der Waals surface area contributed by atoms with Gasteiger partial charge in [-0.25, -0.2) is 0 Å². The number of likely N-dealkylation sites (N-methyl/N-ethyl adjacent to an activating group) is 1. The Morgan fingerprint density at radius 1 is 0.816 bits per heavy atom. The molecule has 0 saturated heterocycles. The van der Waals surface area contributed by atoms with Crippen LogP contribution in [0, 0.1) is 0 Å². The summed E-state index contributed by atoms with van der Waals surface area (Å²) in [5.74, 6) is 0.831. The fraction of sp³-hybridized carbons (Fsp3) is 0.176. The molecule has 4 rings (SSSR count). The van der Waals surface area contributed by atoms with Gasteiger partial charge in [-0.3, -0.25) is 9.59 Å². The molecule has 0 aromatic heterocycles. The molecule has 38 heavy (non-hydrogen) atoms. The second-order valence-electron chi connectivity index (χ2n) is 9.36. The number of hydrogen-bond acceptors (Lipinski definition) is 3. The third-order valence-corrected chi connectivity index (χ3v) is 6.38. The van der Waals surface area contributed by atoms with E-state index in [-0.39, 0.29) is 18.1 Å². The number of ether oxygens (including phenoxy) is 1. The smallest absolute Gasteiger partial charge is 0.226 e. The van der Waals surface area contributed by atoms with E-state index < -0.39 is 0 Å². The SMILES string of the molecule is CC(=O)/C=C/C=C/c1cc(CC(=O)N(C)CCc2ccccc2)c2cccc(OCc3ccccc3)c2c1. The number of nitrogens with zero attached hydrogens (tertiary/aromatic N) is 1. The Balaban J connectivity index is 1.60. The molecule has 0 bridgehead atoms.